The van der Waals surface area contributed by atoms with Crippen molar-refractivity contribution in [1.29, 1.82) is 0 Å². The van der Waals surface area contributed by atoms with Crippen LogP contribution in [0.1, 0.15) is 36.4 Å². The monoisotopic (exact) mass is 466 g/mol. The van der Waals surface area contributed by atoms with Gasteiger partial charge < -0.3 is 20.1 Å². The van der Waals surface area contributed by atoms with Crippen LogP contribution in [0.2, 0.25) is 0 Å². The second-order valence-corrected chi connectivity index (χ2v) is 8.39. The molecule has 0 bridgehead atoms. The van der Waals surface area contributed by atoms with Crippen LogP contribution >= 0.6 is 0 Å². The fourth-order valence-corrected chi connectivity index (χ4v) is 4.22. The summed E-state index contributed by atoms with van der Waals surface area (Å²) in [5.41, 5.74) is 1.58. The van der Waals surface area contributed by atoms with Crippen molar-refractivity contribution in [3.05, 3.63) is 82.1 Å². The van der Waals surface area contributed by atoms with E-state index in [1.807, 2.05) is 37.4 Å². The van der Waals surface area contributed by atoms with Gasteiger partial charge in [0.05, 0.1) is 19.0 Å². The molecule has 1 atom stereocenters. The molecular formula is C26H31FN4O3. The molecule has 2 heterocycles. The van der Waals surface area contributed by atoms with Gasteiger partial charge in [-0.2, -0.15) is 5.10 Å². The molecule has 0 radical (unpaired) electrons. The first-order chi connectivity index (χ1) is 16.6. The number of benzene rings is 1. The van der Waals surface area contributed by atoms with Gasteiger partial charge in [0.15, 0.2) is 11.4 Å². The lowest BCUT2D eigenvalue weighted by Crippen LogP contribution is -2.31. The highest BCUT2D eigenvalue weighted by atomic mass is 19.1. The number of hydrogen-bond donors (Lipinski definition) is 2. The zero-order valence-corrected chi connectivity index (χ0v) is 19.6. The van der Waals surface area contributed by atoms with Crippen molar-refractivity contribution < 1.29 is 13.9 Å². The van der Waals surface area contributed by atoms with Crippen molar-refractivity contribution in [3.63, 3.8) is 0 Å². The first-order valence-electron chi connectivity index (χ1n) is 11.6. The quantitative estimate of drug-likeness (QED) is 0.622. The Bertz CT molecular complexity index is 1150. The van der Waals surface area contributed by atoms with Gasteiger partial charge in [-0.25, -0.2) is 9.07 Å². The van der Waals surface area contributed by atoms with Crippen molar-refractivity contribution in [2.45, 2.75) is 31.2 Å². The molecule has 4 rings (SSSR count). The maximum atomic E-state index is 15.3. The molecular weight excluding hydrogens is 435 g/mol. The number of methoxy groups -OCH3 is 1. The molecule has 1 saturated heterocycles. The summed E-state index contributed by atoms with van der Waals surface area (Å²) in [5.74, 6) is -0.0291. The van der Waals surface area contributed by atoms with Gasteiger partial charge in [0, 0.05) is 25.8 Å². The third-order valence-corrected chi connectivity index (χ3v) is 6.10. The van der Waals surface area contributed by atoms with Gasteiger partial charge in [-0.3, -0.25) is 4.79 Å². The summed E-state index contributed by atoms with van der Waals surface area (Å²) in [4.78, 5) is 13.1. The third kappa shape index (κ3) is 5.46. The molecule has 8 heteroatoms. The van der Waals surface area contributed by atoms with Crippen LogP contribution in [-0.2, 0) is 4.74 Å². The summed E-state index contributed by atoms with van der Waals surface area (Å²) in [5, 5.41) is 11.0. The molecule has 1 unspecified atom stereocenters. The number of halogens is 1. The van der Waals surface area contributed by atoms with Gasteiger partial charge in [0.1, 0.15) is 11.5 Å². The number of likely N-dealkylation sites (N-methyl/N-ethyl adjacent to an activating group) is 1. The molecule has 0 saturated carbocycles. The minimum absolute atomic E-state index is 0.0180. The zero-order chi connectivity index (χ0) is 23.9. The number of nitrogens with one attached hydrogen (secondary N) is 2. The normalized spacial score (nSPS) is 18.8. The maximum absolute atomic E-state index is 15.3. The van der Waals surface area contributed by atoms with Crippen LogP contribution in [0, 0.1) is 5.82 Å². The van der Waals surface area contributed by atoms with Gasteiger partial charge in [-0.15, -0.1) is 0 Å². The summed E-state index contributed by atoms with van der Waals surface area (Å²) in [6.45, 7) is 1.91. The average molecular weight is 467 g/mol. The number of allylic oxidation sites excluding steroid dienone is 2. The van der Waals surface area contributed by atoms with E-state index in [1.54, 1.807) is 12.1 Å². The van der Waals surface area contributed by atoms with Gasteiger partial charge in [-0.1, -0.05) is 30.4 Å². The lowest BCUT2D eigenvalue weighted by molar-refractivity contribution is 0.0853. The Morgan fingerprint density at radius 2 is 2.15 bits per heavy atom. The highest BCUT2D eigenvalue weighted by Crippen LogP contribution is 2.29. The maximum Gasteiger partial charge on any atom is 0.251 e. The van der Waals surface area contributed by atoms with E-state index in [0.717, 1.165) is 24.8 Å². The minimum atomic E-state index is -0.401. The van der Waals surface area contributed by atoms with E-state index in [1.165, 1.54) is 18.0 Å². The Balaban J connectivity index is 1.72. The molecule has 34 heavy (non-hydrogen) atoms. The van der Waals surface area contributed by atoms with Crippen molar-refractivity contribution in [2.24, 2.45) is 0 Å². The molecule has 1 aromatic carbocycles. The molecule has 0 amide bonds. The molecule has 180 valence electrons. The fraction of sp³-hybridized carbons (Fsp3) is 0.385. The summed E-state index contributed by atoms with van der Waals surface area (Å²) in [7, 11) is 3.25. The second-order valence-electron chi connectivity index (χ2n) is 8.39. The zero-order valence-electron chi connectivity index (χ0n) is 19.6. The smallest absolute Gasteiger partial charge is 0.251 e. The molecule has 1 aliphatic carbocycles. The Kier molecular flexibility index (Phi) is 7.92. The van der Waals surface area contributed by atoms with Crippen molar-refractivity contribution in [3.8, 4) is 11.4 Å². The molecule has 1 fully saturated rings. The van der Waals surface area contributed by atoms with Gasteiger partial charge in [-0.05, 0) is 56.0 Å². The highest BCUT2D eigenvalue weighted by molar-refractivity contribution is 5.62. The van der Waals surface area contributed by atoms with E-state index in [9.17, 15) is 4.79 Å². The first kappa shape index (κ1) is 23.9. The number of aromatic nitrogens is 2. The van der Waals surface area contributed by atoms with E-state index in [4.69, 9.17) is 9.47 Å². The van der Waals surface area contributed by atoms with Gasteiger partial charge in [0.25, 0.3) is 5.43 Å². The van der Waals surface area contributed by atoms with E-state index in [0.29, 0.717) is 25.5 Å². The Morgan fingerprint density at radius 3 is 2.82 bits per heavy atom. The SMILES string of the molecule is CNC/C=C(\NC1C=CC=CC1)c1nn(-c2ccc(C3CCOCC3)cc2F)cc(OC)c1=O. The minimum Gasteiger partial charge on any atom is -0.491 e. The van der Waals surface area contributed by atoms with Crippen LogP contribution in [-0.4, -0.2) is 49.7 Å². The van der Waals surface area contributed by atoms with Crippen LogP contribution in [0.4, 0.5) is 4.39 Å². The fourth-order valence-electron chi connectivity index (χ4n) is 4.22. The van der Waals surface area contributed by atoms with E-state index >= 15 is 4.39 Å². The number of ether oxygens (including phenoxy) is 2. The lowest BCUT2D eigenvalue weighted by Gasteiger charge is -2.23. The van der Waals surface area contributed by atoms with E-state index in [2.05, 4.69) is 21.8 Å². The van der Waals surface area contributed by atoms with Crippen LogP contribution in [0.5, 0.6) is 5.75 Å². The summed E-state index contributed by atoms with van der Waals surface area (Å²) in [6, 6.07) is 5.21. The van der Waals surface area contributed by atoms with Crippen LogP contribution < -0.4 is 20.8 Å². The second kappa shape index (κ2) is 11.3. The summed E-state index contributed by atoms with van der Waals surface area (Å²) in [6.07, 6.45) is 13.9. The molecule has 1 aliphatic heterocycles. The number of hydrogen-bond acceptors (Lipinski definition) is 6. The van der Waals surface area contributed by atoms with E-state index < -0.39 is 5.82 Å². The molecule has 0 spiro atoms. The molecule has 2 aliphatic rings. The predicted molar refractivity (Wildman–Crippen MR) is 131 cm³/mol. The molecule has 2 N–H and O–H groups in total. The number of nitrogens with zero attached hydrogens (tertiary/aromatic N) is 2. The third-order valence-electron chi connectivity index (χ3n) is 6.10. The number of rotatable bonds is 8. The van der Waals surface area contributed by atoms with Crippen molar-refractivity contribution in [2.75, 3.05) is 33.9 Å². The van der Waals surface area contributed by atoms with Gasteiger partial charge >= 0.3 is 0 Å². The molecule has 7 nitrogen and oxygen atoms in total. The highest BCUT2D eigenvalue weighted by Gasteiger charge is 2.21. The Labute approximate surface area is 199 Å². The molecule has 1 aromatic heterocycles. The lowest BCUT2D eigenvalue weighted by atomic mass is 9.91. The van der Waals surface area contributed by atoms with Crippen LogP contribution in [0.25, 0.3) is 11.4 Å². The molecule has 2 aromatic rings. The topological polar surface area (TPSA) is 77.4 Å². The van der Waals surface area contributed by atoms with Crippen molar-refractivity contribution >= 4 is 5.70 Å². The van der Waals surface area contributed by atoms with Gasteiger partial charge in [0.2, 0.25) is 0 Å². The Hall–Kier alpha value is -3.23. The average Bonchev–Trinajstić information content (AvgIpc) is 2.88. The van der Waals surface area contributed by atoms with Crippen LogP contribution in [0.3, 0.4) is 0 Å². The standard InChI is InChI=1S/C26H31FN4O3/c1-28-13-10-22(29-20-6-4-3-5-7-20)25-26(32)24(33-2)17-31(30-25)23-9-8-19(16-21(23)27)18-11-14-34-15-12-18/h3-6,8-10,16-18,20,28-29H,7,11-15H2,1-2H3/b22-10-. The summed E-state index contributed by atoms with van der Waals surface area (Å²) < 4.78 is 27.4. The van der Waals surface area contributed by atoms with E-state index in [-0.39, 0.29) is 34.5 Å². The van der Waals surface area contributed by atoms with Crippen LogP contribution in [0.15, 0.2) is 59.6 Å². The Morgan fingerprint density at radius 1 is 1.32 bits per heavy atom. The predicted octanol–water partition coefficient (Wildman–Crippen LogP) is 3.31. The largest absolute Gasteiger partial charge is 0.491 e. The van der Waals surface area contributed by atoms with Crippen molar-refractivity contribution in [1.82, 2.24) is 20.4 Å². The summed E-state index contributed by atoms with van der Waals surface area (Å²) >= 11 is 0. The first-order valence-corrected chi connectivity index (χ1v) is 11.6.